The van der Waals surface area contributed by atoms with Crippen LogP contribution in [0.2, 0.25) is 0 Å². The molecule has 2 aromatic carbocycles. The Hall–Kier alpha value is -1.17. The second-order valence-corrected chi connectivity index (χ2v) is 7.61. The Bertz CT molecular complexity index is 707. The molecule has 5 heteroatoms. The van der Waals surface area contributed by atoms with Crippen LogP contribution in [-0.4, -0.2) is 8.42 Å². The van der Waals surface area contributed by atoms with E-state index in [0.717, 1.165) is 22.9 Å². The highest BCUT2D eigenvalue weighted by molar-refractivity contribution is 9.10. The van der Waals surface area contributed by atoms with Gasteiger partial charge in [-0.3, -0.25) is 0 Å². The maximum atomic E-state index is 12.4. The van der Waals surface area contributed by atoms with E-state index < -0.39 is 15.6 Å². The van der Waals surface area contributed by atoms with Crippen LogP contribution in [0.4, 0.5) is 0 Å². The largest absolute Gasteiger partial charge is 0.241 e. The molecule has 1 saturated carbocycles. The molecule has 1 aliphatic rings. The van der Waals surface area contributed by atoms with Gasteiger partial charge in [-0.2, -0.15) is 0 Å². The number of hydrogen-bond donors (Lipinski definition) is 1. The third kappa shape index (κ3) is 2.66. The highest BCUT2D eigenvalue weighted by Gasteiger charge is 2.47. The maximum Gasteiger partial charge on any atom is 0.241 e. The fraction of sp³-hybridized carbons (Fsp3) is 0.200. The minimum Gasteiger partial charge on any atom is -0.207 e. The third-order valence-electron chi connectivity index (χ3n) is 3.53. The lowest BCUT2D eigenvalue weighted by Gasteiger charge is -2.18. The van der Waals surface area contributed by atoms with Gasteiger partial charge in [0, 0.05) is 4.47 Å². The van der Waals surface area contributed by atoms with Gasteiger partial charge in [-0.25, -0.2) is 13.1 Å². The van der Waals surface area contributed by atoms with Gasteiger partial charge in [0.15, 0.2) is 0 Å². The van der Waals surface area contributed by atoms with Crippen molar-refractivity contribution in [2.75, 3.05) is 0 Å². The second kappa shape index (κ2) is 4.98. The molecule has 0 amide bonds. The summed E-state index contributed by atoms with van der Waals surface area (Å²) in [7, 11) is -3.48. The molecule has 1 N–H and O–H groups in total. The van der Waals surface area contributed by atoms with Crippen molar-refractivity contribution in [1.82, 2.24) is 4.72 Å². The first-order valence-electron chi connectivity index (χ1n) is 6.37. The van der Waals surface area contributed by atoms with Crippen molar-refractivity contribution in [2.45, 2.75) is 23.3 Å². The zero-order valence-corrected chi connectivity index (χ0v) is 13.1. The van der Waals surface area contributed by atoms with Crippen LogP contribution in [-0.2, 0) is 15.6 Å². The van der Waals surface area contributed by atoms with Gasteiger partial charge < -0.3 is 0 Å². The molecule has 0 spiro atoms. The lowest BCUT2D eigenvalue weighted by molar-refractivity contribution is 0.551. The van der Waals surface area contributed by atoms with Crippen LogP contribution in [0, 0.1) is 0 Å². The Labute approximate surface area is 127 Å². The summed E-state index contributed by atoms with van der Waals surface area (Å²) in [6, 6.07) is 16.3. The van der Waals surface area contributed by atoms with E-state index in [1.807, 2.05) is 24.3 Å². The van der Waals surface area contributed by atoms with Gasteiger partial charge in [0.2, 0.25) is 10.0 Å². The predicted octanol–water partition coefficient (Wildman–Crippen LogP) is 3.42. The molecule has 0 aromatic heterocycles. The Morgan fingerprint density at radius 3 is 2.10 bits per heavy atom. The Morgan fingerprint density at radius 2 is 1.55 bits per heavy atom. The van der Waals surface area contributed by atoms with Crippen LogP contribution in [0.5, 0.6) is 0 Å². The highest BCUT2D eigenvalue weighted by atomic mass is 79.9. The first-order valence-corrected chi connectivity index (χ1v) is 8.65. The molecule has 0 bridgehead atoms. The standard InChI is InChI=1S/C15H14BrNO2S/c16-13-8-6-12(7-9-13)15(10-11-15)17-20(18,19)14-4-2-1-3-5-14/h1-9,17H,10-11H2. The average Bonchev–Trinajstić information content (AvgIpc) is 3.20. The molecule has 0 atom stereocenters. The normalized spacial score (nSPS) is 16.9. The summed E-state index contributed by atoms with van der Waals surface area (Å²) in [5.74, 6) is 0. The number of hydrogen-bond acceptors (Lipinski definition) is 2. The van der Waals surface area contributed by atoms with E-state index in [9.17, 15) is 8.42 Å². The monoisotopic (exact) mass is 351 g/mol. The average molecular weight is 352 g/mol. The van der Waals surface area contributed by atoms with Crippen molar-refractivity contribution in [1.29, 1.82) is 0 Å². The van der Waals surface area contributed by atoms with E-state index >= 15 is 0 Å². The zero-order chi connectivity index (χ0) is 14.2. The molecule has 0 saturated heterocycles. The van der Waals surface area contributed by atoms with E-state index in [4.69, 9.17) is 0 Å². The quantitative estimate of drug-likeness (QED) is 0.917. The number of sulfonamides is 1. The molecule has 1 fully saturated rings. The topological polar surface area (TPSA) is 46.2 Å². The van der Waals surface area contributed by atoms with Crippen molar-refractivity contribution in [3.8, 4) is 0 Å². The summed E-state index contributed by atoms with van der Waals surface area (Å²) in [5, 5.41) is 0. The van der Waals surface area contributed by atoms with Gasteiger partial charge in [-0.15, -0.1) is 0 Å². The van der Waals surface area contributed by atoms with Gasteiger partial charge >= 0.3 is 0 Å². The van der Waals surface area contributed by atoms with E-state index in [1.54, 1.807) is 30.3 Å². The Morgan fingerprint density at radius 1 is 0.950 bits per heavy atom. The summed E-state index contributed by atoms with van der Waals surface area (Å²) in [4.78, 5) is 0.309. The summed E-state index contributed by atoms with van der Waals surface area (Å²) >= 11 is 3.39. The molecular formula is C15H14BrNO2S. The minimum absolute atomic E-state index is 0.309. The van der Waals surface area contributed by atoms with Crippen LogP contribution in [0.1, 0.15) is 18.4 Å². The number of rotatable bonds is 4. The molecule has 0 unspecified atom stereocenters. The highest BCUT2D eigenvalue weighted by Crippen LogP contribution is 2.46. The number of benzene rings is 2. The van der Waals surface area contributed by atoms with Crippen molar-refractivity contribution in [3.63, 3.8) is 0 Å². The lowest BCUT2D eigenvalue weighted by atomic mass is 10.1. The van der Waals surface area contributed by atoms with E-state index in [-0.39, 0.29) is 0 Å². The van der Waals surface area contributed by atoms with E-state index in [0.29, 0.717) is 4.90 Å². The first kappa shape index (κ1) is 13.8. The summed E-state index contributed by atoms with van der Waals surface area (Å²) in [6.45, 7) is 0. The molecule has 2 aromatic rings. The van der Waals surface area contributed by atoms with E-state index in [2.05, 4.69) is 20.7 Å². The lowest BCUT2D eigenvalue weighted by Crippen LogP contribution is -2.34. The van der Waals surface area contributed by atoms with Crippen LogP contribution in [0.25, 0.3) is 0 Å². The fourth-order valence-corrected chi connectivity index (χ4v) is 3.99. The molecule has 20 heavy (non-hydrogen) atoms. The Kier molecular flexibility index (Phi) is 3.44. The van der Waals surface area contributed by atoms with Gasteiger partial charge in [-0.05, 0) is 42.7 Å². The molecule has 0 heterocycles. The molecule has 0 aliphatic heterocycles. The smallest absolute Gasteiger partial charge is 0.207 e. The van der Waals surface area contributed by atoms with Gasteiger partial charge in [0.05, 0.1) is 10.4 Å². The van der Waals surface area contributed by atoms with Crippen LogP contribution < -0.4 is 4.72 Å². The summed E-state index contributed by atoms with van der Waals surface area (Å²) in [6.07, 6.45) is 1.67. The maximum absolute atomic E-state index is 12.4. The minimum atomic E-state index is -3.48. The van der Waals surface area contributed by atoms with Crippen molar-refractivity contribution >= 4 is 26.0 Å². The molecule has 0 radical (unpaired) electrons. The first-order chi connectivity index (χ1) is 9.52. The SMILES string of the molecule is O=S(=O)(NC1(c2ccc(Br)cc2)CC1)c1ccccc1. The second-order valence-electron chi connectivity index (χ2n) is 5.01. The van der Waals surface area contributed by atoms with Gasteiger partial charge in [0.25, 0.3) is 0 Å². The summed E-state index contributed by atoms with van der Waals surface area (Å²) < 4.78 is 28.7. The molecule has 3 rings (SSSR count). The molecule has 104 valence electrons. The van der Waals surface area contributed by atoms with Crippen LogP contribution >= 0.6 is 15.9 Å². The van der Waals surface area contributed by atoms with E-state index in [1.165, 1.54) is 0 Å². The fourth-order valence-electron chi connectivity index (χ4n) is 2.26. The molecule has 3 nitrogen and oxygen atoms in total. The summed E-state index contributed by atoms with van der Waals surface area (Å²) in [5.41, 5.74) is 0.579. The van der Waals surface area contributed by atoms with Crippen LogP contribution in [0.15, 0.2) is 64.0 Å². The molecule has 1 aliphatic carbocycles. The number of nitrogens with one attached hydrogen (secondary N) is 1. The number of halogens is 1. The van der Waals surface area contributed by atoms with Crippen molar-refractivity contribution in [3.05, 3.63) is 64.6 Å². The zero-order valence-electron chi connectivity index (χ0n) is 10.7. The van der Waals surface area contributed by atoms with Gasteiger partial charge in [0.1, 0.15) is 0 Å². The van der Waals surface area contributed by atoms with Crippen molar-refractivity contribution < 1.29 is 8.42 Å². The predicted molar refractivity (Wildman–Crippen MR) is 81.8 cm³/mol. The van der Waals surface area contributed by atoms with Crippen LogP contribution in [0.3, 0.4) is 0 Å². The third-order valence-corrected chi connectivity index (χ3v) is 5.61. The van der Waals surface area contributed by atoms with Gasteiger partial charge in [-0.1, -0.05) is 46.3 Å². The molecular weight excluding hydrogens is 338 g/mol. The van der Waals surface area contributed by atoms with Crippen molar-refractivity contribution in [2.24, 2.45) is 0 Å². The Balaban J connectivity index is 1.89.